The molecule has 0 rings (SSSR count). The van der Waals surface area contributed by atoms with E-state index in [0.29, 0.717) is 13.1 Å². The Morgan fingerprint density at radius 3 is 2.00 bits per heavy atom. The second kappa shape index (κ2) is 6.64. The third kappa shape index (κ3) is 6.84. The fourth-order valence-electron chi connectivity index (χ4n) is 1.13. The quantitative estimate of drug-likeness (QED) is 0.468. The van der Waals surface area contributed by atoms with Crippen molar-refractivity contribution in [2.24, 2.45) is 11.5 Å². The van der Waals surface area contributed by atoms with Crippen LogP contribution < -0.4 is 11.5 Å². The topological polar surface area (TPSA) is 69.1 Å². The predicted octanol–water partition coefficient (Wildman–Crippen LogP) is 1.07. The van der Waals surface area contributed by atoms with Crippen LogP contribution in [0.3, 0.4) is 0 Å². The van der Waals surface area contributed by atoms with Crippen LogP contribution in [-0.2, 0) is 4.57 Å². The molecular formula is C8H21N2OP. The molecule has 3 nitrogen and oxygen atoms in total. The highest BCUT2D eigenvalue weighted by Gasteiger charge is 2.12. The number of rotatable bonds is 7. The van der Waals surface area contributed by atoms with E-state index in [1.54, 1.807) is 0 Å². The summed E-state index contributed by atoms with van der Waals surface area (Å²) in [4.78, 5) is 0. The minimum atomic E-state index is -1.87. The van der Waals surface area contributed by atoms with Crippen molar-refractivity contribution in [2.45, 2.75) is 19.3 Å². The zero-order valence-electron chi connectivity index (χ0n) is 7.96. The van der Waals surface area contributed by atoms with Gasteiger partial charge in [-0.25, -0.2) is 0 Å². The van der Waals surface area contributed by atoms with Crippen LogP contribution in [0.1, 0.15) is 19.3 Å². The molecule has 4 N–H and O–H groups in total. The van der Waals surface area contributed by atoms with Crippen LogP contribution in [0, 0.1) is 0 Å². The van der Waals surface area contributed by atoms with Gasteiger partial charge in [0.15, 0.2) is 0 Å². The van der Waals surface area contributed by atoms with E-state index in [0.717, 1.165) is 31.6 Å². The van der Waals surface area contributed by atoms with Gasteiger partial charge in [0.25, 0.3) is 0 Å². The molecule has 0 heterocycles. The summed E-state index contributed by atoms with van der Waals surface area (Å²) in [6, 6.07) is 0. The second-order valence-corrected chi connectivity index (χ2v) is 6.87. The van der Waals surface area contributed by atoms with Crippen LogP contribution in [0.4, 0.5) is 0 Å². The van der Waals surface area contributed by atoms with Crippen LogP contribution in [0.2, 0.25) is 0 Å². The van der Waals surface area contributed by atoms with E-state index < -0.39 is 7.14 Å². The van der Waals surface area contributed by atoms with Crippen LogP contribution in [0.5, 0.6) is 0 Å². The maximum atomic E-state index is 11.8. The van der Waals surface area contributed by atoms with Gasteiger partial charge in [-0.1, -0.05) is 0 Å². The summed E-state index contributed by atoms with van der Waals surface area (Å²) in [7, 11) is -1.87. The Labute approximate surface area is 75.3 Å². The normalized spacial score (nSPS) is 15.9. The van der Waals surface area contributed by atoms with Gasteiger partial charge in [0.05, 0.1) is 7.14 Å². The molecule has 4 heteroatoms. The molecular weight excluding hydrogens is 171 g/mol. The highest BCUT2D eigenvalue weighted by atomic mass is 31.2. The first-order valence-corrected chi connectivity index (χ1v) is 7.10. The lowest BCUT2D eigenvalue weighted by molar-refractivity contribution is 0.574. The van der Waals surface area contributed by atoms with E-state index in [9.17, 15) is 4.57 Å². The van der Waals surface area contributed by atoms with E-state index in [1.807, 2.05) is 6.66 Å². The zero-order chi connectivity index (χ0) is 9.45. The number of nitrogens with two attached hydrogens (primary N) is 2. The van der Waals surface area contributed by atoms with Crippen molar-refractivity contribution in [1.29, 1.82) is 0 Å². The lowest BCUT2D eigenvalue weighted by Crippen LogP contribution is -2.05. The molecule has 1 unspecified atom stereocenters. The third-order valence-corrected chi connectivity index (χ3v) is 4.44. The molecule has 0 amide bonds. The summed E-state index contributed by atoms with van der Waals surface area (Å²) in [5, 5.41) is 0. The third-order valence-electron chi connectivity index (χ3n) is 1.92. The molecule has 0 radical (unpaired) electrons. The molecule has 0 saturated carbocycles. The molecule has 0 aliphatic rings. The van der Waals surface area contributed by atoms with E-state index in [2.05, 4.69) is 0 Å². The molecule has 0 aromatic heterocycles. The van der Waals surface area contributed by atoms with Gasteiger partial charge in [-0.05, 0) is 39.0 Å². The molecule has 0 aromatic rings. The predicted molar refractivity (Wildman–Crippen MR) is 55.2 cm³/mol. The molecule has 74 valence electrons. The Balaban J connectivity index is 3.49. The number of hydrogen-bond acceptors (Lipinski definition) is 3. The Morgan fingerprint density at radius 1 is 1.00 bits per heavy atom. The van der Waals surface area contributed by atoms with Crippen LogP contribution in [0.25, 0.3) is 0 Å². The minimum Gasteiger partial charge on any atom is -0.330 e. The molecule has 0 spiro atoms. The molecule has 0 aliphatic carbocycles. The standard InChI is InChI=1S/C8H21N2OP/c1-12(11,8-4-6-10)7-3-2-5-9/h2-10H2,1H3. The van der Waals surface area contributed by atoms with Gasteiger partial charge < -0.3 is 16.0 Å². The molecule has 0 aromatic carbocycles. The largest absolute Gasteiger partial charge is 0.330 e. The molecule has 12 heavy (non-hydrogen) atoms. The van der Waals surface area contributed by atoms with Crippen molar-refractivity contribution in [2.75, 3.05) is 32.1 Å². The first kappa shape index (κ1) is 12.2. The van der Waals surface area contributed by atoms with Gasteiger partial charge in [0, 0.05) is 12.3 Å². The Hall–Kier alpha value is 0.150. The van der Waals surface area contributed by atoms with Crippen molar-refractivity contribution in [3.63, 3.8) is 0 Å². The summed E-state index contributed by atoms with van der Waals surface area (Å²) in [5.41, 5.74) is 10.7. The first-order valence-electron chi connectivity index (χ1n) is 4.58. The average Bonchev–Trinajstić information content (AvgIpc) is 2.01. The van der Waals surface area contributed by atoms with Gasteiger partial charge in [-0.3, -0.25) is 0 Å². The highest BCUT2D eigenvalue weighted by molar-refractivity contribution is 7.63. The van der Waals surface area contributed by atoms with Gasteiger partial charge in [0.1, 0.15) is 0 Å². The second-order valence-electron chi connectivity index (χ2n) is 3.38. The highest BCUT2D eigenvalue weighted by Crippen LogP contribution is 2.42. The maximum absolute atomic E-state index is 11.8. The smallest absolute Gasteiger partial charge is 0.0848 e. The summed E-state index contributed by atoms with van der Waals surface area (Å²) in [5.74, 6) is 0. The number of unbranched alkanes of at least 4 members (excludes halogenated alkanes) is 1. The van der Waals surface area contributed by atoms with E-state index in [4.69, 9.17) is 11.5 Å². The van der Waals surface area contributed by atoms with Gasteiger partial charge in [-0.2, -0.15) is 0 Å². The van der Waals surface area contributed by atoms with Crippen molar-refractivity contribution in [1.82, 2.24) is 0 Å². The minimum absolute atomic E-state index is 0.648. The van der Waals surface area contributed by atoms with Crippen LogP contribution >= 0.6 is 7.14 Å². The fourth-order valence-corrected chi connectivity index (χ4v) is 3.10. The van der Waals surface area contributed by atoms with Crippen molar-refractivity contribution in [3.8, 4) is 0 Å². The van der Waals surface area contributed by atoms with E-state index in [1.165, 1.54) is 0 Å². The zero-order valence-corrected chi connectivity index (χ0v) is 8.85. The van der Waals surface area contributed by atoms with Gasteiger partial charge >= 0.3 is 0 Å². The summed E-state index contributed by atoms with van der Waals surface area (Å²) >= 11 is 0. The lowest BCUT2D eigenvalue weighted by Gasteiger charge is -2.11. The van der Waals surface area contributed by atoms with Gasteiger partial charge in [0.2, 0.25) is 0 Å². The first-order chi connectivity index (χ1) is 5.62. The Kier molecular flexibility index (Phi) is 6.73. The molecule has 1 atom stereocenters. The monoisotopic (exact) mass is 192 g/mol. The van der Waals surface area contributed by atoms with E-state index >= 15 is 0 Å². The van der Waals surface area contributed by atoms with Gasteiger partial charge in [-0.15, -0.1) is 0 Å². The Morgan fingerprint density at radius 2 is 1.50 bits per heavy atom. The fraction of sp³-hybridized carbons (Fsp3) is 1.00. The van der Waals surface area contributed by atoms with Crippen molar-refractivity contribution < 1.29 is 4.57 Å². The molecule has 0 bridgehead atoms. The number of hydrogen-bond donors (Lipinski definition) is 2. The Bertz CT molecular complexity index is 150. The summed E-state index contributed by atoms with van der Waals surface area (Å²) in [6.07, 6.45) is 4.50. The van der Waals surface area contributed by atoms with E-state index in [-0.39, 0.29) is 0 Å². The summed E-state index contributed by atoms with van der Waals surface area (Å²) < 4.78 is 11.8. The molecule has 0 aliphatic heterocycles. The molecule has 0 saturated heterocycles. The SMILES string of the molecule is CP(=O)(CCCN)CCCCN. The van der Waals surface area contributed by atoms with Crippen LogP contribution in [-0.4, -0.2) is 32.1 Å². The average molecular weight is 192 g/mol. The van der Waals surface area contributed by atoms with Crippen molar-refractivity contribution >= 4 is 7.14 Å². The molecule has 0 fully saturated rings. The van der Waals surface area contributed by atoms with Crippen molar-refractivity contribution in [3.05, 3.63) is 0 Å². The lowest BCUT2D eigenvalue weighted by atomic mass is 10.3. The van der Waals surface area contributed by atoms with Crippen LogP contribution in [0.15, 0.2) is 0 Å². The summed E-state index contributed by atoms with van der Waals surface area (Å²) in [6.45, 7) is 3.23. The maximum Gasteiger partial charge on any atom is 0.0848 e.